The Morgan fingerprint density at radius 1 is 1.88 bits per heavy atom. The summed E-state index contributed by atoms with van der Waals surface area (Å²) in [7, 11) is 0. The van der Waals surface area contributed by atoms with Gasteiger partial charge in [0.2, 0.25) is 0 Å². The number of hydrogen-bond donors (Lipinski definition) is 1. The molecule has 1 rings (SSSR count). The summed E-state index contributed by atoms with van der Waals surface area (Å²) < 4.78 is 4.68. The second-order valence-electron chi connectivity index (χ2n) is 1.59. The summed E-state index contributed by atoms with van der Waals surface area (Å²) in [6, 6.07) is 0. The molecular weight excluding hydrogens is 176 g/mol. The molecule has 1 fully saturated rings. The highest BCUT2D eigenvalue weighted by Crippen LogP contribution is 2.23. The molecule has 0 spiro atoms. The maximum atomic E-state index is 9.99. The highest BCUT2D eigenvalue weighted by Gasteiger charge is 2.44. The number of carboxylic acids is 1. The summed E-state index contributed by atoms with van der Waals surface area (Å²) in [5.74, 6) is -0.866. The van der Waals surface area contributed by atoms with Gasteiger partial charge in [0.25, 0.3) is 0 Å². The van der Waals surface area contributed by atoms with E-state index in [1.54, 1.807) is 0 Å². The van der Waals surface area contributed by atoms with E-state index in [0.717, 1.165) is 0 Å². The molecule has 0 bridgehead atoms. The van der Waals surface area contributed by atoms with Gasteiger partial charge >= 0.3 is 5.97 Å². The zero-order valence-electron chi connectivity index (χ0n) is 4.00. The van der Waals surface area contributed by atoms with Gasteiger partial charge in [-0.25, -0.2) is 4.79 Å². The number of aliphatic carboxylic acids is 1. The molecule has 3 nitrogen and oxygen atoms in total. The van der Waals surface area contributed by atoms with E-state index >= 15 is 0 Å². The smallest absolute Gasteiger partial charge is 0.335 e. The number of hydrogen-bond acceptors (Lipinski definition) is 2. The molecule has 0 amide bonds. The van der Waals surface area contributed by atoms with Gasteiger partial charge in [0.1, 0.15) is 6.10 Å². The molecule has 1 aliphatic rings. The standard InChI is InChI=1S/C4H5BrO3/c5-1-2-3(8-2)4(6)7/h2-3H,1H2,(H,6,7)/t2-,3+/m0/s1. The van der Waals surface area contributed by atoms with Gasteiger partial charge in [-0.05, 0) is 0 Å². The Balaban J connectivity index is 2.26. The van der Waals surface area contributed by atoms with E-state index in [0.29, 0.717) is 5.33 Å². The summed E-state index contributed by atoms with van der Waals surface area (Å²) in [5.41, 5.74) is 0. The predicted octanol–water partition coefficient (Wildman–Crippen LogP) is 0.233. The molecule has 1 heterocycles. The van der Waals surface area contributed by atoms with Crippen molar-refractivity contribution in [2.75, 3.05) is 5.33 Å². The first-order valence-corrected chi connectivity index (χ1v) is 3.32. The van der Waals surface area contributed by atoms with E-state index in [4.69, 9.17) is 5.11 Å². The minimum absolute atomic E-state index is 0.0903. The van der Waals surface area contributed by atoms with Crippen LogP contribution in [0.4, 0.5) is 0 Å². The van der Waals surface area contributed by atoms with E-state index in [1.165, 1.54) is 0 Å². The molecule has 2 atom stereocenters. The zero-order chi connectivity index (χ0) is 6.15. The zero-order valence-corrected chi connectivity index (χ0v) is 5.59. The van der Waals surface area contributed by atoms with Crippen LogP contribution < -0.4 is 0 Å². The lowest BCUT2D eigenvalue weighted by atomic mass is 10.3. The van der Waals surface area contributed by atoms with Crippen LogP contribution in [0.1, 0.15) is 0 Å². The van der Waals surface area contributed by atoms with Gasteiger partial charge in [-0.3, -0.25) is 0 Å². The molecule has 0 aliphatic carbocycles. The molecule has 0 unspecified atom stereocenters. The highest BCUT2D eigenvalue weighted by atomic mass is 79.9. The van der Waals surface area contributed by atoms with Crippen LogP contribution in [0.3, 0.4) is 0 Å². The molecular formula is C4H5BrO3. The van der Waals surface area contributed by atoms with Crippen molar-refractivity contribution in [1.29, 1.82) is 0 Å². The van der Waals surface area contributed by atoms with Gasteiger partial charge in [0.15, 0.2) is 6.10 Å². The van der Waals surface area contributed by atoms with Crippen LogP contribution in [0.5, 0.6) is 0 Å². The first kappa shape index (κ1) is 6.04. The fraction of sp³-hybridized carbons (Fsp3) is 0.750. The van der Waals surface area contributed by atoms with E-state index in [2.05, 4.69) is 20.7 Å². The van der Waals surface area contributed by atoms with Crippen molar-refractivity contribution in [2.45, 2.75) is 12.2 Å². The average Bonchev–Trinajstić information content (AvgIpc) is 2.42. The number of alkyl halides is 1. The van der Waals surface area contributed by atoms with Gasteiger partial charge in [-0.1, -0.05) is 15.9 Å². The average molecular weight is 181 g/mol. The van der Waals surface area contributed by atoms with Crippen molar-refractivity contribution in [3.63, 3.8) is 0 Å². The lowest BCUT2D eigenvalue weighted by molar-refractivity contribution is -0.138. The van der Waals surface area contributed by atoms with E-state index < -0.39 is 12.1 Å². The molecule has 0 aromatic rings. The molecule has 46 valence electrons. The summed E-state index contributed by atoms with van der Waals surface area (Å²) >= 11 is 3.10. The lowest BCUT2D eigenvalue weighted by Crippen LogP contribution is -2.07. The van der Waals surface area contributed by atoms with E-state index in [-0.39, 0.29) is 6.10 Å². The predicted molar refractivity (Wildman–Crippen MR) is 30.1 cm³/mol. The summed E-state index contributed by atoms with van der Waals surface area (Å²) in [5, 5.41) is 8.82. The maximum absolute atomic E-state index is 9.99. The van der Waals surface area contributed by atoms with Gasteiger partial charge < -0.3 is 9.84 Å². The topological polar surface area (TPSA) is 49.8 Å². The third-order valence-electron chi connectivity index (χ3n) is 0.978. The molecule has 0 aromatic carbocycles. The number of halogens is 1. The Kier molecular flexibility index (Phi) is 1.53. The molecule has 1 saturated heterocycles. The van der Waals surface area contributed by atoms with Crippen molar-refractivity contribution in [1.82, 2.24) is 0 Å². The quantitative estimate of drug-likeness (QED) is 0.490. The maximum Gasteiger partial charge on any atom is 0.335 e. The van der Waals surface area contributed by atoms with Crippen LogP contribution in [0, 0.1) is 0 Å². The molecule has 1 aliphatic heterocycles. The number of carboxylic acid groups (broad SMARTS) is 1. The van der Waals surface area contributed by atoms with E-state index in [9.17, 15) is 4.79 Å². The lowest BCUT2D eigenvalue weighted by Gasteiger charge is -1.77. The SMILES string of the molecule is O=C(O)[C@@H]1O[C@H]1CBr. The highest BCUT2D eigenvalue weighted by molar-refractivity contribution is 9.09. The number of epoxide rings is 1. The molecule has 1 N–H and O–H groups in total. The van der Waals surface area contributed by atoms with Crippen LogP contribution in [-0.2, 0) is 9.53 Å². The normalized spacial score (nSPS) is 34.6. The largest absolute Gasteiger partial charge is 0.479 e. The first-order chi connectivity index (χ1) is 3.75. The number of carbonyl (C=O) groups is 1. The second-order valence-corrected chi connectivity index (χ2v) is 2.24. The van der Waals surface area contributed by atoms with Crippen LogP contribution in [0.15, 0.2) is 0 Å². The monoisotopic (exact) mass is 180 g/mol. The minimum atomic E-state index is -0.866. The van der Waals surface area contributed by atoms with Crippen LogP contribution >= 0.6 is 15.9 Å². The summed E-state index contributed by atoms with van der Waals surface area (Å²) in [4.78, 5) is 9.99. The Morgan fingerprint density at radius 2 is 2.50 bits per heavy atom. The second kappa shape index (κ2) is 2.03. The Labute approximate surface area is 54.8 Å². The van der Waals surface area contributed by atoms with Gasteiger partial charge in [-0.2, -0.15) is 0 Å². The number of rotatable bonds is 2. The molecule has 4 heteroatoms. The van der Waals surface area contributed by atoms with E-state index in [1.807, 2.05) is 0 Å². The Hall–Kier alpha value is -0.0900. The molecule has 0 radical (unpaired) electrons. The summed E-state index contributed by atoms with van der Waals surface area (Å²) in [6.07, 6.45) is -0.637. The van der Waals surface area contributed by atoms with Crippen molar-refractivity contribution in [3.8, 4) is 0 Å². The third-order valence-corrected chi connectivity index (χ3v) is 1.62. The fourth-order valence-corrected chi connectivity index (χ4v) is 0.970. The third kappa shape index (κ3) is 1.00. The minimum Gasteiger partial charge on any atom is -0.479 e. The van der Waals surface area contributed by atoms with Crippen LogP contribution in [-0.4, -0.2) is 28.6 Å². The number of ether oxygens (including phenoxy) is 1. The summed E-state index contributed by atoms with van der Waals surface area (Å²) in [6.45, 7) is 0. The van der Waals surface area contributed by atoms with Crippen molar-refractivity contribution >= 4 is 21.9 Å². The van der Waals surface area contributed by atoms with Crippen molar-refractivity contribution in [3.05, 3.63) is 0 Å². The Morgan fingerprint density at radius 3 is 2.62 bits per heavy atom. The van der Waals surface area contributed by atoms with Crippen molar-refractivity contribution < 1.29 is 14.6 Å². The fourth-order valence-electron chi connectivity index (χ4n) is 0.477. The van der Waals surface area contributed by atoms with Crippen LogP contribution in [0.25, 0.3) is 0 Å². The van der Waals surface area contributed by atoms with Gasteiger partial charge in [0, 0.05) is 5.33 Å². The van der Waals surface area contributed by atoms with Crippen molar-refractivity contribution in [2.24, 2.45) is 0 Å². The molecule has 0 aromatic heterocycles. The van der Waals surface area contributed by atoms with Gasteiger partial charge in [-0.15, -0.1) is 0 Å². The first-order valence-electron chi connectivity index (χ1n) is 2.20. The molecule has 8 heavy (non-hydrogen) atoms. The molecule has 0 saturated carbocycles. The van der Waals surface area contributed by atoms with Crippen LogP contribution in [0.2, 0.25) is 0 Å². The van der Waals surface area contributed by atoms with Gasteiger partial charge in [0.05, 0.1) is 0 Å². The Bertz CT molecular complexity index is 114.